The van der Waals surface area contributed by atoms with Gasteiger partial charge in [-0.05, 0) is 42.9 Å². The fraction of sp³-hybridized carbons (Fsp3) is 0.500. The van der Waals surface area contributed by atoms with Crippen molar-refractivity contribution in [2.75, 3.05) is 11.5 Å². The molecule has 3 rings (SSSR count). The van der Waals surface area contributed by atoms with Crippen LogP contribution in [0.25, 0.3) is 0 Å². The summed E-state index contributed by atoms with van der Waals surface area (Å²) in [5.74, 6) is -2.52. The van der Waals surface area contributed by atoms with Crippen LogP contribution in [0, 0.1) is 17.6 Å². The maximum atomic E-state index is 13.8. The van der Waals surface area contributed by atoms with Crippen molar-refractivity contribution in [3.63, 3.8) is 0 Å². The highest BCUT2D eigenvalue weighted by molar-refractivity contribution is 7.99. The monoisotopic (exact) mass is 341 g/mol. The first-order valence-electron chi connectivity index (χ1n) is 7.52. The molecule has 1 aromatic carbocycles. The van der Waals surface area contributed by atoms with Gasteiger partial charge in [0.2, 0.25) is 5.91 Å². The number of rotatable bonds is 4. The van der Waals surface area contributed by atoms with Crippen LogP contribution in [0.2, 0.25) is 0 Å². The Morgan fingerprint density at radius 2 is 1.83 bits per heavy atom. The van der Waals surface area contributed by atoms with E-state index in [9.17, 15) is 23.5 Å². The van der Waals surface area contributed by atoms with Crippen LogP contribution in [0.1, 0.15) is 30.7 Å². The minimum absolute atomic E-state index is 0.0729. The van der Waals surface area contributed by atoms with Gasteiger partial charge in [0.15, 0.2) is 0 Å². The molecule has 2 N–H and O–H groups in total. The van der Waals surface area contributed by atoms with Gasteiger partial charge in [-0.15, -0.1) is 0 Å². The summed E-state index contributed by atoms with van der Waals surface area (Å²) in [5, 5.41) is 12.1. The van der Waals surface area contributed by atoms with Gasteiger partial charge in [-0.3, -0.25) is 4.79 Å². The van der Waals surface area contributed by atoms with E-state index < -0.39 is 40.9 Å². The molecule has 0 radical (unpaired) electrons. The molecule has 23 heavy (non-hydrogen) atoms. The van der Waals surface area contributed by atoms with Crippen LogP contribution in [0.3, 0.4) is 0 Å². The molecule has 7 heteroatoms. The van der Waals surface area contributed by atoms with E-state index in [1.807, 2.05) is 0 Å². The van der Waals surface area contributed by atoms with Gasteiger partial charge >= 0.3 is 5.97 Å². The molecule has 1 saturated heterocycles. The van der Waals surface area contributed by atoms with Crippen LogP contribution in [-0.4, -0.2) is 34.0 Å². The van der Waals surface area contributed by atoms with Gasteiger partial charge in [0.1, 0.15) is 17.2 Å². The van der Waals surface area contributed by atoms with Gasteiger partial charge in [0, 0.05) is 17.4 Å². The van der Waals surface area contributed by atoms with Crippen LogP contribution in [0.15, 0.2) is 18.2 Å². The van der Waals surface area contributed by atoms with Crippen molar-refractivity contribution in [2.24, 2.45) is 5.92 Å². The molecular formula is C16H17F2NO3S. The average Bonchev–Trinajstić information content (AvgIpc) is 3.28. The van der Waals surface area contributed by atoms with E-state index in [1.165, 1.54) is 18.2 Å². The largest absolute Gasteiger partial charge is 0.480 e. The summed E-state index contributed by atoms with van der Waals surface area (Å²) in [6, 6.07) is 3.62. The highest BCUT2D eigenvalue weighted by atomic mass is 32.2. The van der Waals surface area contributed by atoms with Crippen LogP contribution in [0.4, 0.5) is 8.78 Å². The first-order chi connectivity index (χ1) is 10.9. The van der Waals surface area contributed by atoms with Crippen LogP contribution < -0.4 is 5.32 Å². The molecule has 1 saturated carbocycles. The van der Waals surface area contributed by atoms with Gasteiger partial charge in [-0.2, -0.15) is 11.8 Å². The maximum Gasteiger partial charge on any atom is 0.329 e. The van der Waals surface area contributed by atoms with Gasteiger partial charge in [0.05, 0.1) is 0 Å². The lowest BCUT2D eigenvalue weighted by atomic mass is 9.92. The minimum Gasteiger partial charge on any atom is -0.480 e. The Balaban J connectivity index is 1.72. The molecule has 1 heterocycles. The van der Waals surface area contributed by atoms with E-state index in [0.29, 0.717) is 30.8 Å². The second-order valence-electron chi connectivity index (χ2n) is 6.07. The van der Waals surface area contributed by atoms with Gasteiger partial charge in [-0.1, -0.05) is 6.07 Å². The number of carbonyl (C=O) groups is 2. The summed E-state index contributed by atoms with van der Waals surface area (Å²) in [6.07, 6.45) is 1.07. The number of amides is 1. The molecular weight excluding hydrogens is 324 g/mol. The Kier molecular flexibility index (Phi) is 4.31. The smallest absolute Gasteiger partial charge is 0.329 e. The van der Waals surface area contributed by atoms with E-state index >= 15 is 0 Å². The Morgan fingerprint density at radius 1 is 1.22 bits per heavy atom. The van der Waals surface area contributed by atoms with E-state index in [0.717, 1.165) is 0 Å². The molecule has 1 aliphatic carbocycles. The average molecular weight is 341 g/mol. The van der Waals surface area contributed by atoms with Gasteiger partial charge in [0.25, 0.3) is 0 Å². The van der Waals surface area contributed by atoms with E-state index in [-0.39, 0.29) is 5.56 Å². The molecule has 2 fully saturated rings. The lowest BCUT2D eigenvalue weighted by Gasteiger charge is -2.33. The second kappa shape index (κ2) is 6.11. The molecule has 2 unspecified atom stereocenters. The molecule has 1 amide bonds. The molecule has 1 aliphatic heterocycles. The Hall–Kier alpha value is -1.63. The zero-order valence-electron chi connectivity index (χ0n) is 12.4. The van der Waals surface area contributed by atoms with Crippen molar-refractivity contribution in [3.05, 3.63) is 35.4 Å². The summed E-state index contributed by atoms with van der Waals surface area (Å²) in [4.78, 5) is 23.9. The fourth-order valence-electron chi connectivity index (χ4n) is 3.11. The zero-order valence-corrected chi connectivity index (χ0v) is 13.2. The van der Waals surface area contributed by atoms with Crippen molar-refractivity contribution >= 4 is 23.6 Å². The lowest BCUT2D eigenvalue weighted by molar-refractivity contribution is -0.148. The number of nitrogens with one attached hydrogen (secondary N) is 1. The first-order valence-corrected chi connectivity index (χ1v) is 8.67. The number of benzene rings is 1. The van der Waals surface area contributed by atoms with Crippen LogP contribution in [0.5, 0.6) is 0 Å². The van der Waals surface area contributed by atoms with Gasteiger partial charge in [-0.25, -0.2) is 13.6 Å². The second-order valence-corrected chi connectivity index (χ2v) is 7.30. The normalized spacial score (nSPS) is 25.7. The van der Waals surface area contributed by atoms with E-state index in [1.54, 1.807) is 11.8 Å². The first kappa shape index (κ1) is 16.2. The van der Waals surface area contributed by atoms with Crippen LogP contribution >= 0.6 is 11.8 Å². The van der Waals surface area contributed by atoms with Crippen molar-refractivity contribution in [3.8, 4) is 0 Å². The number of hydrogen-bond donors (Lipinski definition) is 2. The Morgan fingerprint density at radius 3 is 2.39 bits per heavy atom. The highest BCUT2D eigenvalue weighted by Gasteiger charge is 2.50. The van der Waals surface area contributed by atoms with Crippen molar-refractivity contribution in [1.82, 2.24) is 5.32 Å². The Bertz CT molecular complexity index is 626. The molecule has 124 valence electrons. The van der Waals surface area contributed by atoms with Crippen LogP contribution in [-0.2, 0) is 9.59 Å². The number of aliphatic carboxylic acids is 1. The third kappa shape index (κ3) is 3.06. The Labute approximate surface area is 136 Å². The number of hydrogen-bond acceptors (Lipinski definition) is 3. The third-order valence-corrected chi connectivity index (χ3v) is 5.60. The predicted octanol–water partition coefficient (Wildman–Crippen LogP) is 2.53. The number of carbonyl (C=O) groups excluding carboxylic acids is 1. The highest BCUT2D eigenvalue weighted by Crippen LogP contribution is 2.49. The van der Waals surface area contributed by atoms with Crippen molar-refractivity contribution in [1.29, 1.82) is 0 Å². The molecule has 1 aromatic rings. The molecule has 0 aromatic heterocycles. The minimum atomic E-state index is -1.25. The maximum absolute atomic E-state index is 13.8. The van der Waals surface area contributed by atoms with E-state index in [2.05, 4.69) is 5.32 Å². The SMILES string of the molecule is O=C(NC1(C(=O)O)CCSCC1)C1CC1c1c(F)cccc1F. The van der Waals surface area contributed by atoms with Crippen molar-refractivity contribution in [2.45, 2.75) is 30.7 Å². The third-order valence-electron chi connectivity index (χ3n) is 4.62. The lowest BCUT2D eigenvalue weighted by Crippen LogP contribution is -2.57. The summed E-state index contributed by atoms with van der Waals surface area (Å²) in [6.45, 7) is 0. The van der Waals surface area contributed by atoms with E-state index in [4.69, 9.17) is 0 Å². The topological polar surface area (TPSA) is 66.4 Å². The molecule has 0 spiro atoms. The summed E-state index contributed by atoms with van der Waals surface area (Å²) >= 11 is 1.65. The number of thioether (sulfide) groups is 1. The predicted molar refractivity (Wildman–Crippen MR) is 82.3 cm³/mol. The summed E-state index contributed by atoms with van der Waals surface area (Å²) in [5.41, 5.74) is -1.32. The van der Waals surface area contributed by atoms with Crippen molar-refractivity contribution < 1.29 is 23.5 Å². The fourth-order valence-corrected chi connectivity index (χ4v) is 4.30. The van der Waals surface area contributed by atoms with Gasteiger partial charge < -0.3 is 10.4 Å². The number of carboxylic acid groups (broad SMARTS) is 1. The molecule has 4 nitrogen and oxygen atoms in total. The standard InChI is InChI=1S/C16H17F2NO3S/c17-11-2-1-3-12(18)13(11)9-8-10(9)14(20)19-16(15(21)22)4-6-23-7-5-16/h1-3,9-10H,4-8H2,(H,19,20)(H,21,22). The molecule has 2 atom stereocenters. The summed E-state index contributed by atoms with van der Waals surface area (Å²) < 4.78 is 27.5. The quantitative estimate of drug-likeness (QED) is 0.883. The zero-order chi connectivity index (χ0) is 16.6. The number of carboxylic acids is 1. The number of halogens is 2. The molecule has 2 aliphatic rings. The molecule has 0 bridgehead atoms. The summed E-state index contributed by atoms with van der Waals surface area (Å²) in [7, 11) is 0.